The van der Waals surface area contributed by atoms with Crippen molar-refractivity contribution < 1.29 is 18.7 Å². The fourth-order valence-electron chi connectivity index (χ4n) is 3.26. The number of halogens is 1. The van der Waals surface area contributed by atoms with E-state index in [-0.39, 0.29) is 11.3 Å². The lowest BCUT2D eigenvalue weighted by Crippen LogP contribution is -2.42. The lowest BCUT2D eigenvalue weighted by molar-refractivity contribution is -0.119. The number of nitrogens with zero attached hydrogens (tertiary/aromatic N) is 3. The van der Waals surface area contributed by atoms with Gasteiger partial charge in [0.05, 0.1) is 18.4 Å². The molecule has 0 aliphatic rings. The number of methoxy groups -OCH3 is 1. The molecule has 0 aliphatic heterocycles. The Balaban J connectivity index is 1.52. The number of hydrogen-bond donors (Lipinski definition) is 2. The van der Waals surface area contributed by atoms with E-state index in [1.807, 2.05) is 60.0 Å². The number of rotatable bonds is 7. The van der Waals surface area contributed by atoms with E-state index in [1.165, 1.54) is 36.0 Å². The average Bonchev–Trinajstić information content (AvgIpc) is 3.30. The minimum absolute atomic E-state index is 0.0282. The topological polar surface area (TPSA) is 98.1 Å². The van der Waals surface area contributed by atoms with Crippen LogP contribution in [0.4, 0.5) is 4.39 Å². The average molecular weight is 492 g/mol. The standard InChI is InChI=1S/C25H22FN5O3S/c1-16-7-13-19(14-8-16)31-23(20-5-3-4-6-21(20)34-2)28-30-25(31)35-15-22(32)27-29-24(33)17-9-11-18(26)12-10-17/h3-14H,15H2,1-2H3,(H,27,32)(H,29,33). The van der Waals surface area contributed by atoms with Crippen molar-refractivity contribution in [1.82, 2.24) is 25.6 Å². The summed E-state index contributed by atoms with van der Waals surface area (Å²) in [5, 5.41) is 9.18. The number of carbonyl (C=O) groups excluding carboxylic acids is 2. The number of aryl methyl sites for hydroxylation is 1. The zero-order chi connectivity index (χ0) is 24.8. The maximum atomic E-state index is 13.0. The van der Waals surface area contributed by atoms with Crippen LogP contribution in [0.2, 0.25) is 0 Å². The summed E-state index contributed by atoms with van der Waals surface area (Å²) in [6.45, 7) is 2.00. The summed E-state index contributed by atoms with van der Waals surface area (Å²) in [6, 6.07) is 20.3. The molecule has 178 valence electrons. The molecule has 0 spiro atoms. The molecule has 4 aromatic rings. The largest absolute Gasteiger partial charge is 0.496 e. The highest BCUT2D eigenvalue weighted by Crippen LogP contribution is 2.33. The molecular weight excluding hydrogens is 469 g/mol. The lowest BCUT2D eigenvalue weighted by Gasteiger charge is -2.13. The predicted octanol–water partition coefficient (Wildman–Crippen LogP) is 3.94. The second-order valence-electron chi connectivity index (χ2n) is 7.48. The zero-order valence-electron chi connectivity index (χ0n) is 19.0. The van der Waals surface area contributed by atoms with E-state index < -0.39 is 17.6 Å². The first-order valence-electron chi connectivity index (χ1n) is 10.6. The van der Waals surface area contributed by atoms with Crippen LogP contribution in [0.15, 0.2) is 78.0 Å². The van der Waals surface area contributed by atoms with E-state index in [0.717, 1.165) is 16.8 Å². The Labute approximate surface area is 205 Å². The van der Waals surface area contributed by atoms with Gasteiger partial charge in [-0.2, -0.15) is 0 Å². The normalized spacial score (nSPS) is 10.6. The van der Waals surface area contributed by atoms with Crippen molar-refractivity contribution in [2.24, 2.45) is 0 Å². The first kappa shape index (κ1) is 24.0. The molecule has 3 aromatic carbocycles. The number of aromatic nitrogens is 3. The molecule has 35 heavy (non-hydrogen) atoms. The number of amides is 2. The van der Waals surface area contributed by atoms with Gasteiger partial charge in [0.1, 0.15) is 11.6 Å². The zero-order valence-corrected chi connectivity index (χ0v) is 19.8. The van der Waals surface area contributed by atoms with Gasteiger partial charge in [0, 0.05) is 11.3 Å². The maximum Gasteiger partial charge on any atom is 0.269 e. The van der Waals surface area contributed by atoms with Gasteiger partial charge in [0.2, 0.25) is 5.91 Å². The van der Waals surface area contributed by atoms with Gasteiger partial charge in [-0.15, -0.1) is 10.2 Å². The van der Waals surface area contributed by atoms with E-state index >= 15 is 0 Å². The molecule has 2 amide bonds. The maximum absolute atomic E-state index is 13.0. The predicted molar refractivity (Wildman–Crippen MR) is 131 cm³/mol. The number of ether oxygens (including phenoxy) is 1. The third-order valence-electron chi connectivity index (χ3n) is 5.03. The molecule has 0 atom stereocenters. The van der Waals surface area contributed by atoms with E-state index in [9.17, 15) is 14.0 Å². The molecule has 4 rings (SSSR count). The number of hydrazine groups is 1. The van der Waals surface area contributed by atoms with Crippen LogP contribution in [0.3, 0.4) is 0 Å². The molecule has 0 bridgehead atoms. The molecular formula is C25H22FN5O3S. The first-order chi connectivity index (χ1) is 17.0. The SMILES string of the molecule is COc1ccccc1-c1nnc(SCC(=O)NNC(=O)c2ccc(F)cc2)n1-c1ccc(C)cc1. The third-order valence-corrected chi connectivity index (χ3v) is 5.96. The smallest absolute Gasteiger partial charge is 0.269 e. The Bertz CT molecular complexity index is 1340. The van der Waals surface area contributed by atoms with Crippen molar-refractivity contribution in [3.8, 4) is 22.8 Å². The Morgan fingerprint density at radius 2 is 1.69 bits per heavy atom. The lowest BCUT2D eigenvalue weighted by atomic mass is 10.1. The Morgan fingerprint density at radius 1 is 0.971 bits per heavy atom. The molecule has 1 aromatic heterocycles. The second-order valence-corrected chi connectivity index (χ2v) is 8.42. The van der Waals surface area contributed by atoms with Crippen LogP contribution in [0.1, 0.15) is 15.9 Å². The molecule has 1 heterocycles. The van der Waals surface area contributed by atoms with E-state index in [4.69, 9.17) is 4.74 Å². The highest BCUT2D eigenvalue weighted by atomic mass is 32.2. The minimum Gasteiger partial charge on any atom is -0.496 e. The Morgan fingerprint density at radius 3 is 2.40 bits per heavy atom. The van der Waals surface area contributed by atoms with Gasteiger partial charge in [-0.05, 0) is 55.5 Å². The molecule has 0 fully saturated rings. The Hall–Kier alpha value is -4.18. The summed E-state index contributed by atoms with van der Waals surface area (Å²) in [6.07, 6.45) is 0. The van der Waals surface area contributed by atoms with Crippen LogP contribution in [-0.4, -0.2) is 39.4 Å². The summed E-state index contributed by atoms with van der Waals surface area (Å²) in [4.78, 5) is 24.5. The molecule has 10 heteroatoms. The Kier molecular flexibility index (Phi) is 7.41. The molecule has 0 aliphatic carbocycles. The van der Waals surface area contributed by atoms with E-state index in [0.29, 0.717) is 16.7 Å². The van der Waals surface area contributed by atoms with Crippen molar-refractivity contribution >= 4 is 23.6 Å². The van der Waals surface area contributed by atoms with Crippen molar-refractivity contribution in [1.29, 1.82) is 0 Å². The summed E-state index contributed by atoms with van der Waals surface area (Å²) in [5.41, 5.74) is 7.59. The van der Waals surface area contributed by atoms with Crippen LogP contribution in [0.5, 0.6) is 5.75 Å². The van der Waals surface area contributed by atoms with Crippen molar-refractivity contribution in [2.75, 3.05) is 12.9 Å². The van der Waals surface area contributed by atoms with Gasteiger partial charge in [-0.3, -0.25) is 25.0 Å². The van der Waals surface area contributed by atoms with Crippen LogP contribution in [0, 0.1) is 12.7 Å². The van der Waals surface area contributed by atoms with Crippen LogP contribution in [-0.2, 0) is 4.79 Å². The van der Waals surface area contributed by atoms with Crippen LogP contribution < -0.4 is 15.6 Å². The van der Waals surface area contributed by atoms with Crippen molar-refractivity contribution in [3.05, 3.63) is 89.7 Å². The number of hydrogen-bond acceptors (Lipinski definition) is 6. The van der Waals surface area contributed by atoms with Crippen LogP contribution in [0.25, 0.3) is 17.1 Å². The first-order valence-corrected chi connectivity index (χ1v) is 11.6. The van der Waals surface area contributed by atoms with Crippen molar-refractivity contribution in [3.63, 3.8) is 0 Å². The van der Waals surface area contributed by atoms with Gasteiger partial charge in [-0.1, -0.05) is 41.6 Å². The van der Waals surface area contributed by atoms with Gasteiger partial charge < -0.3 is 4.74 Å². The van der Waals surface area contributed by atoms with Gasteiger partial charge in [0.15, 0.2) is 11.0 Å². The fourth-order valence-corrected chi connectivity index (χ4v) is 4.01. The molecule has 0 radical (unpaired) electrons. The molecule has 8 nitrogen and oxygen atoms in total. The van der Waals surface area contributed by atoms with Crippen molar-refractivity contribution in [2.45, 2.75) is 12.1 Å². The molecule has 2 N–H and O–H groups in total. The second kappa shape index (κ2) is 10.8. The number of benzene rings is 3. The minimum atomic E-state index is -0.551. The number of nitrogens with one attached hydrogen (secondary N) is 2. The number of carbonyl (C=O) groups is 2. The quantitative estimate of drug-likeness (QED) is 0.300. The summed E-state index contributed by atoms with van der Waals surface area (Å²) < 4.78 is 20.4. The monoisotopic (exact) mass is 491 g/mol. The van der Waals surface area contributed by atoms with Crippen LogP contribution >= 0.6 is 11.8 Å². The summed E-state index contributed by atoms with van der Waals surface area (Å²) in [7, 11) is 1.59. The molecule has 0 saturated heterocycles. The highest BCUT2D eigenvalue weighted by molar-refractivity contribution is 7.99. The van der Waals surface area contributed by atoms with Gasteiger partial charge in [0.25, 0.3) is 5.91 Å². The summed E-state index contributed by atoms with van der Waals surface area (Å²) in [5.74, 6) is -0.260. The number of para-hydroxylation sites is 1. The van der Waals surface area contributed by atoms with E-state index in [2.05, 4.69) is 21.0 Å². The number of thioether (sulfide) groups is 1. The molecule has 0 unspecified atom stereocenters. The van der Waals surface area contributed by atoms with E-state index in [1.54, 1.807) is 7.11 Å². The summed E-state index contributed by atoms with van der Waals surface area (Å²) >= 11 is 1.17. The van der Waals surface area contributed by atoms with Gasteiger partial charge in [-0.25, -0.2) is 4.39 Å². The van der Waals surface area contributed by atoms with Gasteiger partial charge >= 0.3 is 0 Å². The third kappa shape index (κ3) is 5.67. The fraction of sp³-hybridized carbons (Fsp3) is 0.120. The highest BCUT2D eigenvalue weighted by Gasteiger charge is 2.20. The molecule has 0 saturated carbocycles.